The first kappa shape index (κ1) is 18.8. The highest BCUT2D eigenvalue weighted by molar-refractivity contribution is 6.22. The molecule has 3 amide bonds. The number of rotatable bonds is 3. The van der Waals surface area contributed by atoms with E-state index in [1.54, 1.807) is 12.1 Å². The molecule has 2 heterocycles. The van der Waals surface area contributed by atoms with Crippen LogP contribution in [0.15, 0.2) is 72.4 Å². The highest BCUT2D eigenvalue weighted by atomic mass is 16.2. The van der Waals surface area contributed by atoms with E-state index in [0.29, 0.717) is 24.9 Å². The molecule has 4 atom stereocenters. The summed E-state index contributed by atoms with van der Waals surface area (Å²) in [5.41, 5.74) is 2.61. The van der Waals surface area contributed by atoms with Crippen molar-refractivity contribution in [3.8, 4) is 0 Å². The molecule has 0 unspecified atom stereocenters. The lowest BCUT2D eigenvalue weighted by atomic mass is 9.71. The van der Waals surface area contributed by atoms with Gasteiger partial charge in [-0.2, -0.15) is 0 Å². The van der Waals surface area contributed by atoms with Gasteiger partial charge < -0.3 is 4.90 Å². The van der Waals surface area contributed by atoms with Crippen molar-refractivity contribution in [2.45, 2.75) is 32.2 Å². The number of benzene rings is 2. The van der Waals surface area contributed by atoms with E-state index >= 15 is 0 Å². The number of allylic oxidation sites excluding steroid dienone is 2. The average molecular weight is 400 g/mol. The van der Waals surface area contributed by atoms with Crippen LogP contribution in [-0.2, 0) is 14.4 Å². The number of nitrogens with zero attached hydrogens (tertiary/aromatic N) is 2. The normalized spacial score (nSPS) is 26.9. The lowest BCUT2D eigenvalue weighted by Crippen LogP contribution is -2.45. The molecule has 3 aliphatic rings. The maximum atomic E-state index is 13.4. The van der Waals surface area contributed by atoms with Gasteiger partial charge in [-0.25, -0.2) is 0 Å². The van der Waals surface area contributed by atoms with Crippen LogP contribution in [0.25, 0.3) is 0 Å². The smallest absolute Gasteiger partial charge is 0.238 e. The van der Waals surface area contributed by atoms with Gasteiger partial charge in [0.15, 0.2) is 0 Å². The summed E-state index contributed by atoms with van der Waals surface area (Å²) < 4.78 is 0. The Hall–Kier alpha value is -3.21. The van der Waals surface area contributed by atoms with Crippen molar-refractivity contribution >= 4 is 23.4 Å². The van der Waals surface area contributed by atoms with Crippen molar-refractivity contribution in [2.24, 2.45) is 17.8 Å². The molecule has 0 saturated carbocycles. The summed E-state index contributed by atoms with van der Waals surface area (Å²) >= 11 is 0. The lowest BCUT2D eigenvalue weighted by molar-refractivity contribution is -0.136. The monoisotopic (exact) mass is 400 g/mol. The van der Waals surface area contributed by atoms with E-state index in [-0.39, 0.29) is 35.6 Å². The van der Waals surface area contributed by atoms with Crippen LogP contribution in [0.3, 0.4) is 0 Å². The quantitative estimate of drug-likeness (QED) is 0.730. The predicted octanol–water partition coefficient (Wildman–Crippen LogP) is 4.08. The zero-order valence-corrected chi connectivity index (χ0v) is 16.9. The highest BCUT2D eigenvalue weighted by Crippen LogP contribution is 2.49. The van der Waals surface area contributed by atoms with Gasteiger partial charge in [-0.15, -0.1) is 0 Å². The molecule has 152 valence electrons. The van der Waals surface area contributed by atoms with Gasteiger partial charge in [-0.3, -0.25) is 19.3 Å². The van der Waals surface area contributed by atoms with E-state index in [4.69, 9.17) is 0 Å². The predicted molar refractivity (Wildman–Crippen MR) is 113 cm³/mol. The SMILES string of the molecule is C[C@H](c1ccccc1)N1C(=O)CC[C@@H]2C1=CC[C@@H]1C(=O)N(c3ccccc3)C(=O)[C@@H]12. The topological polar surface area (TPSA) is 57.7 Å². The van der Waals surface area contributed by atoms with Crippen molar-refractivity contribution in [3.05, 3.63) is 78.0 Å². The zero-order chi connectivity index (χ0) is 20.8. The number of hydrogen-bond donors (Lipinski definition) is 0. The Bertz CT molecular complexity index is 1030. The molecule has 5 nitrogen and oxygen atoms in total. The fourth-order valence-electron chi connectivity index (χ4n) is 5.33. The third kappa shape index (κ3) is 2.80. The number of imide groups is 1. The van der Waals surface area contributed by atoms with Crippen molar-refractivity contribution < 1.29 is 14.4 Å². The Morgan fingerprint density at radius 1 is 0.867 bits per heavy atom. The van der Waals surface area contributed by atoms with Gasteiger partial charge in [-0.1, -0.05) is 54.6 Å². The second-order valence-electron chi connectivity index (χ2n) is 8.34. The largest absolute Gasteiger partial charge is 0.309 e. The highest BCUT2D eigenvalue weighted by Gasteiger charge is 2.55. The number of carbonyl (C=O) groups excluding carboxylic acids is 3. The van der Waals surface area contributed by atoms with E-state index in [0.717, 1.165) is 11.3 Å². The fourth-order valence-corrected chi connectivity index (χ4v) is 5.33. The Kier molecular flexibility index (Phi) is 4.54. The minimum absolute atomic E-state index is 0.0870. The number of carbonyl (C=O) groups is 3. The average Bonchev–Trinajstić information content (AvgIpc) is 3.04. The molecule has 2 aromatic carbocycles. The summed E-state index contributed by atoms with van der Waals surface area (Å²) in [6.45, 7) is 2.03. The Morgan fingerprint density at radius 2 is 1.53 bits per heavy atom. The van der Waals surface area contributed by atoms with Crippen LogP contribution in [0.4, 0.5) is 5.69 Å². The van der Waals surface area contributed by atoms with Gasteiger partial charge >= 0.3 is 0 Å². The summed E-state index contributed by atoms with van der Waals surface area (Å²) in [7, 11) is 0. The van der Waals surface area contributed by atoms with Crippen LogP contribution in [0, 0.1) is 17.8 Å². The van der Waals surface area contributed by atoms with Crippen LogP contribution < -0.4 is 4.90 Å². The fraction of sp³-hybridized carbons (Fsp3) is 0.320. The van der Waals surface area contributed by atoms with E-state index in [9.17, 15) is 14.4 Å². The molecule has 0 bridgehead atoms. The molecule has 2 aromatic rings. The van der Waals surface area contributed by atoms with Gasteiger partial charge in [0.25, 0.3) is 0 Å². The van der Waals surface area contributed by atoms with Gasteiger partial charge in [0.2, 0.25) is 17.7 Å². The van der Waals surface area contributed by atoms with Gasteiger partial charge in [0.1, 0.15) is 0 Å². The molecule has 2 aliphatic heterocycles. The van der Waals surface area contributed by atoms with Crippen LogP contribution >= 0.6 is 0 Å². The summed E-state index contributed by atoms with van der Waals surface area (Å²) in [6, 6.07) is 19.0. The Balaban J connectivity index is 1.49. The van der Waals surface area contributed by atoms with Crippen LogP contribution in [-0.4, -0.2) is 22.6 Å². The molecule has 0 aromatic heterocycles. The van der Waals surface area contributed by atoms with Crippen LogP contribution in [0.2, 0.25) is 0 Å². The van der Waals surface area contributed by atoms with Crippen LogP contribution in [0.5, 0.6) is 0 Å². The number of hydrogen-bond acceptors (Lipinski definition) is 3. The van der Waals surface area contributed by atoms with Crippen molar-refractivity contribution in [3.63, 3.8) is 0 Å². The first-order valence-corrected chi connectivity index (χ1v) is 10.6. The molecule has 0 radical (unpaired) electrons. The number of piperidine rings is 1. The Morgan fingerprint density at radius 3 is 2.23 bits per heavy atom. The number of para-hydroxylation sites is 1. The van der Waals surface area contributed by atoms with E-state index < -0.39 is 5.92 Å². The molecule has 5 heteroatoms. The van der Waals surface area contributed by atoms with Gasteiger partial charge in [-0.05, 0) is 37.5 Å². The second kappa shape index (κ2) is 7.24. The molecule has 5 rings (SSSR count). The molecule has 2 saturated heterocycles. The zero-order valence-electron chi connectivity index (χ0n) is 16.9. The number of amides is 3. The van der Waals surface area contributed by atoms with E-state index in [2.05, 4.69) is 0 Å². The maximum Gasteiger partial charge on any atom is 0.238 e. The van der Waals surface area contributed by atoms with Crippen molar-refractivity contribution in [2.75, 3.05) is 4.90 Å². The third-order valence-corrected chi connectivity index (χ3v) is 6.77. The maximum absolute atomic E-state index is 13.4. The molecular weight excluding hydrogens is 376 g/mol. The summed E-state index contributed by atoms with van der Waals surface area (Å²) in [6.07, 6.45) is 3.54. The summed E-state index contributed by atoms with van der Waals surface area (Å²) in [4.78, 5) is 42.7. The Labute approximate surface area is 176 Å². The molecule has 2 fully saturated rings. The van der Waals surface area contributed by atoms with Gasteiger partial charge in [0, 0.05) is 18.0 Å². The van der Waals surface area contributed by atoms with Crippen molar-refractivity contribution in [1.82, 2.24) is 4.90 Å². The second-order valence-corrected chi connectivity index (χ2v) is 8.34. The number of likely N-dealkylation sites (tertiary alicyclic amines) is 1. The molecular formula is C25H24N2O3. The molecule has 30 heavy (non-hydrogen) atoms. The van der Waals surface area contributed by atoms with E-state index in [1.165, 1.54) is 4.90 Å². The first-order chi connectivity index (χ1) is 14.6. The first-order valence-electron chi connectivity index (χ1n) is 10.6. The van der Waals surface area contributed by atoms with Crippen LogP contribution in [0.1, 0.15) is 37.8 Å². The molecule has 0 N–H and O–H groups in total. The number of anilines is 1. The third-order valence-electron chi connectivity index (χ3n) is 6.77. The minimum Gasteiger partial charge on any atom is -0.309 e. The molecule has 1 aliphatic carbocycles. The lowest BCUT2D eigenvalue weighted by Gasteiger charge is -2.44. The summed E-state index contributed by atoms with van der Waals surface area (Å²) in [5, 5.41) is 0. The van der Waals surface area contributed by atoms with E-state index in [1.807, 2.05) is 66.4 Å². The number of fused-ring (bicyclic) bond motifs is 3. The standard InChI is InChI=1S/C25H24N2O3/c1-16(17-8-4-2-5-9-17)26-21-14-12-20-23(19(21)13-15-22(26)28)25(30)27(24(20)29)18-10-6-3-7-11-18/h2-11,14,16,19-20,23H,12-13,15H2,1H3/t16-,19-,20+,23-/m1/s1. The summed E-state index contributed by atoms with van der Waals surface area (Å²) in [5.74, 6) is -0.994. The van der Waals surface area contributed by atoms with Gasteiger partial charge in [0.05, 0.1) is 23.6 Å². The molecule has 0 spiro atoms. The minimum atomic E-state index is -0.392. The van der Waals surface area contributed by atoms with Crippen molar-refractivity contribution in [1.29, 1.82) is 0 Å².